The third-order valence-corrected chi connectivity index (χ3v) is 10.4. The van der Waals surface area contributed by atoms with Crippen LogP contribution in [0.15, 0.2) is 156 Å². The summed E-state index contributed by atoms with van der Waals surface area (Å²) in [6.07, 6.45) is -0.632. The van der Waals surface area contributed by atoms with Crippen LogP contribution in [0, 0.1) is 5.41 Å². The summed E-state index contributed by atoms with van der Waals surface area (Å²) in [4.78, 5) is 66.1. The molecule has 0 spiro atoms. The zero-order valence-electron chi connectivity index (χ0n) is 33.9. The van der Waals surface area contributed by atoms with Crippen molar-refractivity contribution in [3.8, 4) is 0 Å². The van der Waals surface area contributed by atoms with Crippen molar-refractivity contribution in [1.82, 2.24) is 0 Å². The van der Waals surface area contributed by atoms with Crippen molar-refractivity contribution in [3.05, 3.63) is 179 Å². The SMILES string of the molecule is CC1=C(/C=C/C(C)=C/C=O)C(C)(C)C[C@H](O[C@@H]2O[C@H](COC(=O)c3ccccc3)[C@@H](OC(=O)c3ccccc3)[C@H](OC(=O)c3ccccc3)[C@H]2OC(=O)c2ccccc2)C1. The molecule has 0 radical (unpaired) electrons. The zero-order valence-corrected chi connectivity index (χ0v) is 33.9. The number of ether oxygens (including phenoxy) is 6. The second-order valence-electron chi connectivity index (χ2n) is 15.3. The summed E-state index contributed by atoms with van der Waals surface area (Å²) in [5.41, 5.74) is 3.33. The molecule has 0 bridgehead atoms. The van der Waals surface area contributed by atoms with Crippen molar-refractivity contribution >= 4 is 30.2 Å². The van der Waals surface area contributed by atoms with Gasteiger partial charge in [-0.15, -0.1) is 0 Å². The van der Waals surface area contributed by atoms with Crippen LogP contribution < -0.4 is 0 Å². The monoisotopic (exact) mass is 812 g/mol. The number of esters is 4. The number of carbonyl (C=O) groups excluding carboxylic acids is 5. The van der Waals surface area contributed by atoms with E-state index in [1.54, 1.807) is 121 Å². The van der Waals surface area contributed by atoms with Gasteiger partial charge >= 0.3 is 23.9 Å². The molecule has 60 heavy (non-hydrogen) atoms. The maximum atomic E-state index is 14.0. The first-order valence-corrected chi connectivity index (χ1v) is 19.7. The van der Waals surface area contributed by atoms with Gasteiger partial charge < -0.3 is 28.4 Å². The molecule has 11 nitrogen and oxygen atoms in total. The second-order valence-corrected chi connectivity index (χ2v) is 15.3. The summed E-state index contributed by atoms with van der Waals surface area (Å²) in [7, 11) is 0. The topological polar surface area (TPSA) is 141 Å². The number of rotatable bonds is 14. The Kier molecular flexibility index (Phi) is 14.4. The maximum absolute atomic E-state index is 14.0. The van der Waals surface area contributed by atoms with Gasteiger partial charge in [-0.3, -0.25) is 4.79 Å². The second kappa shape index (κ2) is 20.0. The lowest BCUT2D eigenvalue weighted by Gasteiger charge is -2.46. The number of hydrogen-bond donors (Lipinski definition) is 0. The molecule has 4 aromatic carbocycles. The average Bonchev–Trinajstić information content (AvgIpc) is 3.25. The molecule has 2 aliphatic rings. The number of benzene rings is 4. The highest BCUT2D eigenvalue weighted by atomic mass is 16.7. The molecule has 6 rings (SSSR count). The molecule has 1 fully saturated rings. The minimum absolute atomic E-state index is 0.184. The fourth-order valence-corrected chi connectivity index (χ4v) is 7.45. The van der Waals surface area contributed by atoms with E-state index in [2.05, 4.69) is 13.8 Å². The summed E-state index contributed by atoms with van der Waals surface area (Å²) in [6.45, 7) is 7.54. The van der Waals surface area contributed by atoms with Gasteiger partial charge in [0, 0.05) is 0 Å². The molecule has 1 heterocycles. The van der Waals surface area contributed by atoms with Gasteiger partial charge in [-0.05, 0) is 97.9 Å². The summed E-state index contributed by atoms with van der Waals surface area (Å²) in [5.74, 6) is -3.03. The first-order chi connectivity index (χ1) is 28.9. The van der Waals surface area contributed by atoms with E-state index in [1.807, 2.05) is 26.0 Å². The summed E-state index contributed by atoms with van der Waals surface area (Å²) < 4.78 is 37.8. The van der Waals surface area contributed by atoms with Gasteiger partial charge in [-0.2, -0.15) is 0 Å². The molecule has 0 aromatic heterocycles. The Morgan fingerprint density at radius 2 is 1.12 bits per heavy atom. The van der Waals surface area contributed by atoms with Crippen LogP contribution in [0.3, 0.4) is 0 Å². The van der Waals surface area contributed by atoms with Crippen molar-refractivity contribution in [2.24, 2.45) is 5.41 Å². The minimum atomic E-state index is -1.53. The largest absolute Gasteiger partial charge is 0.459 e. The highest BCUT2D eigenvalue weighted by Crippen LogP contribution is 2.43. The van der Waals surface area contributed by atoms with Crippen LogP contribution in [0.1, 0.15) is 82.0 Å². The van der Waals surface area contributed by atoms with E-state index in [0.29, 0.717) is 12.8 Å². The van der Waals surface area contributed by atoms with Gasteiger partial charge in [0.05, 0.1) is 28.4 Å². The summed E-state index contributed by atoms with van der Waals surface area (Å²) in [5, 5.41) is 0. The number of carbonyl (C=O) groups is 5. The van der Waals surface area contributed by atoms with E-state index < -0.39 is 72.7 Å². The molecule has 310 valence electrons. The van der Waals surface area contributed by atoms with Crippen LogP contribution in [-0.2, 0) is 33.2 Å². The van der Waals surface area contributed by atoms with Crippen LogP contribution >= 0.6 is 0 Å². The quantitative estimate of drug-likeness (QED) is 0.0398. The number of hydrogen-bond acceptors (Lipinski definition) is 11. The molecule has 0 unspecified atom stereocenters. The predicted octanol–water partition coefficient (Wildman–Crippen LogP) is 8.47. The lowest BCUT2D eigenvalue weighted by molar-refractivity contribution is -0.310. The van der Waals surface area contributed by atoms with E-state index in [1.165, 1.54) is 6.08 Å². The molecule has 0 amide bonds. The number of aldehydes is 1. The Labute approximate surface area is 349 Å². The van der Waals surface area contributed by atoms with Crippen LogP contribution in [-0.4, -0.2) is 73.6 Å². The van der Waals surface area contributed by atoms with Gasteiger partial charge in [0.2, 0.25) is 0 Å². The average molecular weight is 813 g/mol. The predicted molar refractivity (Wildman–Crippen MR) is 222 cm³/mol. The Hall–Kier alpha value is -6.43. The van der Waals surface area contributed by atoms with Crippen molar-refractivity contribution in [2.75, 3.05) is 6.61 Å². The van der Waals surface area contributed by atoms with Crippen molar-refractivity contribution in [2.45, 2.75) is 77.3 Å². The fraction of sp³-hybridized carbons (Fsp3) is 0.286. The summed E-state index contributed by atoms with van der Waals surface area (Å²) >= 11 is 0. The van der Waals surface area contributed by atoms with Crippen molar-refractivity contribution in [1.29, 1.82) is 0 Å². The highest BCUT2D eigenvalue weighted by molar-refractivity contribution is 5.91. The molecule has 4 aromatic rings. The Bertz CT molecular complexity index is 2210. The zero-order chi connectivity index (χ0) is 42.6. The van der Waals surface area contributed by atoms with Gasteiger partial charge in [-0.1, -0.05) is 104 Å². The van der Waals surface area contributed by atoms with Crippen LogP contribution in [0.4, 0.5) is 0 Å². The van der Waals surface area contributed by atoms with Crippen LogP contribution in [0.25, 0.3) is 0 Å². The van der Waals surface area contributed by atoms with Crippen molar-refractivity contribution in [3.63, 3.8) is 0 Å². The first-order valence-electron chi connectivity index (χ1n) is 19.7. The fourth-order valence-electron chi connectivity index (χ4n) is 7.45. The molecule has 6 atom stereocenters. The van der Waals surface area contributed by atoms with Crippen LogP contribution in [0.5, 0.6) is 0 Å². The van der Waals surface area contributed by atoms with Crippen LogP contribution in [0.2, 0.25) is 0 Å². The molecular weight excluding hydrogens is 765 g/mol. The van der Waals surface area contributed by atoms with E-state index in [-0.39, 0.29) is 22.3 Å². The van der Waals surface area contributed by atoms with Gasteiger partial charge in [0.15, 0.2) is 24.6 Å². The van der Waals surface area contributed by atoms with Gasteiger partial charge in [0.1, 0.15) is 19.0 Å². The maximum Gasteiger partial charge on any atom is 0.338 e. The molecule has 1 aliphatic carbocycles. The smallest absolute Gasteiger partial charge is 0.338 e. The van der Waals surface area contributed by atoms with E-state index >= 15 is 0 Å². The molecule has 0 N–H and O–H groups in total. The first kappa shape index (κ1) is 43.2. The lowest BCUT2D eigenvalue weighted by Crippen LogP contribution is -2.63. The number of allylic oxidation sites excluding steroid dienone is 5. The van der Waals surface area contributed by atoms with E-state index in [4.69, 9.17) is 28.4 Å². The highest BCUT2D eigenvalue weighted by Gasteiger charge is 2.54. The third-order valence-electron chi connectivity index (χ3n) is 10.4. The molecule has 0 saturated carbocycles. The normalized spacial score (nSPS) is 22.7. The minimum Gasteiger partial charge on any atom is -0.459 e. The van der Waals surface area contributed by atoms with Gasteiger partial charge in [0.25, 0.3) is 0 Å². The van der Waals surface area contributed by atoms with E-state index in [0.717, 1.165) is 23.0 Å². The van der Waals surface area contributed by atoms with E-state index in [9.17, 15) is 24.0 Å². The lowest BCUT2D eigenvalue weighted by atomic mass is 9.71. The third kappa shape index (κ3) is 11.0. The molecule has 1 saturated heterocycles. The molecule has 1 aliphatic heterocycles. The van der Waals surface area contributed by atoms with Crippen molar-refractivity contribution < 1.29 is 52.4 Å². The molecule has 11 heteroatoms. The Morgan fingerprint density at radius 1 is 0.667 bits per heavy atom. The van der Waals surface area contributed by atoms with Gasteiger partial charge in [-0.25, -0.2) is 19.2 Å². The molecular formula is C49H48O11. The Balaban J connectivity index is 1.42. The summed E-state index contributed by atoms with van der Waals surface area (Å²) in [6, 6.07) is 33.0. The standard InChI is InChI=1S/C49H48O11/c1-32(27-28-50)25-26-39-33(2)29-38(30-49(39,3)4)56-48-43(60-47(54)37-23-15-8-16-24-37)42(59-46(53)36-21-13-7-14-22-36)41(58-45(52)35-19-11-6-12-20-35)40(57-48)31-55-44(51)34-17-9-5-10-18-34/h5-28,38,40-43,48H,29-31H2,1-4H3/b26-25+,32-27+/t38-,40-,41-,42+,43-,48-/m1/s1. The Morgan fingerprint density at radius 3 is 1.58 bits per heavy atom.